The van der Waals surface area contributed by atoms with E-state index in [1.807, 2.05) is 55.5 Å². The maximum atomic E-state index is 6.21. The number of aromatic nitrogens is 4. The van der Waals surface area contributed by atoms with Crippen molar-refractivity contribution in [2.75, 3.05) is 0 Å². The molecule has 0 aliphatic rings. The average molecular weight is 323 g/mol. The lowest BCUT2D eigenvalue weighted by Gasteiger charge is -2.01. The van der Waals surface area contributed by atoms with E-state index in [2.05, 4.69) is 20.2 Å². The first-order valence-electron chi connectivity index (χ1n) is 7.04. The second kappa shape index (κ2) is 5.44. The molecule has 0 aliphatic carbocycles. The molecule has 0 aliphatic heterocycles. The second-order valence-electron chi connectivity index (χ2n) is 5.13. The van der Waals surface area contributed by atoms with Gasteiger partial charge >= 0.3 is 0 Å². The quantitative estimate of drug-likeness (QED) is 0.550. The van der Waals surface area contributed by atoms with Crippen LogP contribution in [-0.4, -0.2) is 20.2 Å². The van der Waals surface area contributed by atoms with Crippen molar-refractivity contribution < 1.29 is 4.42 Å². The predicted octanol–water partition coefficient (Wildman–Crippen LogP) is 4.31. The summed E-state index contributed by atoms with van der Waals surface area (Å²) in [5.41, 5.74) is 3.84. The van der Waals surface area contributed by atoms with Crippen LogP contribution in [0.2, 0.25) is 5.15 Å². The molecule has 0 saturated carbocycles. The summed E-state index contributed by atoms with van der Waals surface area (Å²) in [4.78, 5) is 8.80. The molecule has 0 fully saturated rings. The molecule has 23 heavy (non-hydrogen) atoms. The number of benzene rings is 2. The third-order valence-electron chi connectivity index (χ3n) is 3.45. The van der Waals surface area contributed by atoms with Crippen molar-refractivity contribution in [1.29, 1.82) is 0 Å². The predicted molar refractivity (Wildman–Crippen MR) is 88.0 cm³/mol. The summed E-state index contributed by atoms with van der Waals surface area (Å²) in [6.07, 6.45) is 0. The number of rotatable bonds is 2. The Labute approximate surface area is 137 Å². The zero-order chi connectivity index (χ0) is 15.8. The standard InChI is InChI=1S/C17H11ClN4O/c1-10-6-8-11(9-7-10)16-21-22-17(23-16)14-15(18)20-13-5-3-2-4-12(13)19-14/h2-9H,1H3. The molecule has 0 radical (unpaired) electrons. The first-order valence-corrected chi connectivity index (χ1v) is 7.42. The van der Waals surface area contributed by atoms with Gasteiger partial charge < -0.3 is 4.42 Å². The van der Waals surface area contributed by atoms with Crippen LogP contribution in [0.1, 0.15) is 5.56 Å². The highest BCUT2D eigenvalue weighted by molar-refractivity contribution is 6.32. The van der Waals surface area contributed by atoms with E-state index >= 15 is 0 Å². The monoisotopic (exact) mass is 322 g/mol. The largest absolute Gasteiger partial charge is 0.414 e. The number of nitrogens with zero attached hydrogens (tertiary/aromatic N) is 4. The molecule has 4 aromatic rings. The molecule has 5 nitrogen and oxygen atoms in total. The van der Waals surface area contributed by atoms with Crippen LogP contribution in [0, 0.1) is 6.92 Å². The smallest absolute Gasteiger partial charge is 0.269 e. The molecule has 112 valence electrons. The lowest BCUT2D eigenvalue weighted by molar-refractivity contribution is 0.582. The molecule has 2 heterocycles. The summed E-state index contributed by atoms with van der Waals surface area (Å²) in [5.74, 6) is 0.676. The molecule has 0 N–H and O–H groups in total. The van der Waals surface area contributed by atoms with Gasteiger partial charge in [0.25, 0.3) is 5.89 Å². The lowest BCUT2D eigenvalue weighted by atomic mass is 10.1. The van der Waals surface area contributed by atoms with Gasteiger partial charge in [-0.05, 0) is 31.2 Å². The fourth-order valence-corrected chi connectivity index (χ4v) is 2.46. The fraction of sp³-hybridized carbons (Fsp3) is 0.0588. The Bertz CT molecular complexity index is 995. The molecular formula is C17H11ClN4O. The highest BCUT2D eigenvalue weighted by Gasteiger charge is 2.16. The van der Waals surface area contributed by atoms with Crippen LogP contribution in [-0.2, 0) is 0 Å². The molecule has 0 saturated heterocycles. The van der Waals surface area contributed by atoms with E-state index in [9.17, 15) is 0 Å². The molecule has 2 aromatic carbocycles. The zero-order valence-corrected chi connectivity index (χ0v) is 12.9. The number of hydrogen-bond acceptors (Lipinski definition) is 5. The van der Waals surface area contributed by atoms with Gasteiger partial charge in [-0.2, -0.15) is 0 Å². The summed E-state index contributed by atoms with van der Waals surface area (Å²) < 4.78 is 5.72. The van der Waals surface area contributed by atoms with Crippen molar-refractivity contribution in [3.63, 3.8) is 0 Å². The van der Waals surface area contributed by atoms with Gasteiger partial charge in [0.15, 0.2) is 10.8 Å². The molecule has 0 bridgehead atoms. The number of halogens is 1. The van der Waals surface area contributed by atoms with Crippen molar-refractivity contribution >= 4 is 22.6 Å². The fourth-order valence-electron chi connectivity index (χ4n) is 2.25. The first kappa shape index (κ1) is 13.8. The molecule has 0 unspecified atom stereocenters. The summed E-state index contributed by atoms with van der Waals surface area (Å²) in [6.45, 7) is 2.02. The molecule has 0 spiro atoms. The van der Waals surface area contributed by atoms with Crippen LogP contribution in [0.15, 0.2) is 52.9 Å². The van der Waals surface area contributed by atoms with Crippen molar-refractivity contribution in [3.05, 3.63) is 59.2 Å². The summed E-state index contributed by atoms with van der Waals surface area (Å²) in [7, 11) is 0. The summed E-state index contributed by atoms with van der Waals surface area (Å²) in [6, 6.07) is 15.3. The van der Waals surface area contributed by atoms with E-state index in [1.165, 1.54) is 0 Å². The normalized spacial score (nSPS) is 11.0. The van der Waals surface area contributed by atoms with Crippen LogP contribution >= 0.6 is 11.6 Å². The number of hydrogen-bond donors (Lipinski definition) is 0. The Balaban J connectivity index is 1.79. The van der Waals surface area contributed by atoms with E-state index in [1.54, 1.807) is 0 Å². The maximum absolute atomic E-state index is 6.21. The van der Waals surface area contributed by atoms with Gasteiger partial charge in [0.2, 0.25) is 5.89 Å². The van der Waals surface area contributed by atoms with Gasteiger partial charge in [0, 0.05) is 5.56 Å². The van der Waals surface area contributed by atoms with Gasteiger partial charge in [-0.1, -0.05) is 41.4 Å². The highest BCUT2D eigenvalue weighted by Crippen LogP contribution is 2.28. The maximum Gasteiger partial charge on any atom is 0.269 e. The van der Waals surface area contributed by atoms with Crippen LogP contribution in [0.4, 0.5) is 0 Å². The number of para-hydroxylation sites is 2. The van der Waals surface area contributed by atoms with Crippen molar-refractivity contribution in [2.24, 2.45) is 0 Å². The van der Waals surface area contributed by atoms with Gasteiger partial charge in [0.1, 0.15) is 0 Å². The molecular weight excluding hydrogens is 312 g/mol. The third-order valence-corrected chi connectivity index (χ3v) is 3.72. The highest BCUT2D eigenvalue weighted by atomic mass is 35.5. The van der Waals surface area contributed by atoms with Crippen LogP contribution in [0.5, 0.6) is 0 Å². The minimum atomic E-state index is 0.239. The van der Waals surface area contributed by atoms with Gasteiger partial charge in [-0.15, -0.1) is 10.2 Å². The molecule has 0 atom stereocenters. The Morgan fingerprint density at radius 2 is 1.48 bits per heavy atom. The number of fused-ring (bicyclic) bond motifs is 1. The van der Waals surface area contributed by atoms with Crippen LogP contribution in [0.3, 0.4) is 0 Å². The topological polar surface area (TPSA) is 64.7 Å². The van der Waals surface area contributed by atoms with Crippen molar-refractivity contribution in [2.45, 2.75) is 6.92 Å². The van der Waals surface area contributed by atoms with Crippen LogP contribution < -0.4 is 0 Å². The van der Waals surface area contributed by atoms with E-state index in [0.717, 1.165) is 22.2 Å². The van der Waals surface area contributed by atoms with E-state index in [0.29, 0.717) is 11.6 Å². The lowest BCUT2D eigenvalue weighted by Crippen LogP contribution is -1.91. The molecule has 4 rings (SSSR count). The first-order chi connectivity index (χ1) is 11.2. The van der Waals surface area contributed by atoms with Gasteiger partial charge in [-0.3, -0.25) is 0 Å². The minimum Gasteiger partial charge on any atom is -0.414 e. The van der Waals surface area contributed by atoms with Crippen LogP contribution in [0.25, 0.3) is 34.1 Å². The van der Waals surface area contributed by atoms with Gasteiger partial charge in [0.05, 0.1) is 11.0 Å². The summed E-state index contributed by atoms with van der Waals surface area (Å²) >= 11 is 6.21. The zero-order valence-electron chi connectivity index (χ0n) is 12.2. The Morgan fingerprint density at radius 1 is 0.826 bits per heavy atom. The van der Waals surface area contributed by atoms with Gasteiger partial charge in [-0.25, -0.2) is 9.97 Å². The molecule has 6 heteroatoms. The summed E-state index contributed by atoms with van der Waals surface area (Å²) in [5, 5.41) is 8.36. The third kappa shape index (κ3) is 2.55. The molecule has 0 amide bonds. The average Bonchev–Trinajstić information content (AvgIpc) is 3.04. The van der Waals surface area contributed by atoms with E-state index < -0.39 is 0 Å². The Hall–Kier alpha value is -2.79. The molecule has 2 aromatic heterocycles. The van der Waals surface area contributed by atoms with E-state index in [4.69, 9.17) is 16.0 Å². The minimum absolute atomic E-state index is 0.239. The second-order valence-corrected chi connectivity index (χ2v) is 5.49. The Morgan fingerprint density at radius 3 is 2.22 bits per heavy atom. The number of aryl methyl sites for hydroxylation is 1. The Kier molecular flexibility index (Phi) is 3.28. The van der Waals surface area contributed by atoms with Crippen molar-refractivity contribution in [3.8, 4) is 23.0 Å². The van der Waals surface area contributed by atoms with Crippen molar-refractivity contribution in [1.82, 2.24) is 20.2 Å². The SMILES string of the molecule is Cc1ccc(-c2nnc(-c3nc4ccccc4nc3Cl)o2)cc1. The van der Waals surface area contributed by atoms with E-state index in [-0.39, 0.29) is 11.0 Å².